The average molecular weight is 417 g/mol. The first-order valence-corrected chi connectivity index (χ1v) is 8.49. The summed E-state index contributed by atoms with van der Waals surface area (Å²) in [6, 6.07) is 7.33. The molecule has 2 rings (SSSR count). The van der Waals surface area contributed by atoms with Crippen LogP contribution in [0.5, 0.6) is 0 Å². The highest BCUT2D eigenvalue weighted by molar-refractivity contribution is 14.1. The van der Waals surface area contributed by atoms with Crippen molar-refractivity contribution in [3.05, 3.63) is 27.8 Å². The predicted molar refractivity (Wildman–Crippen MR) is 87.2 cm³/mol. The number of hydrogen-bond acceptors (Lipinski definition) is 3. The molecule has 1 unspecified atom stereocenters. The lowest BCUT2D eigenvalue weighted by molar-refractivity contribution is 0.293. The van der Waals surface area contributed by atoms with Crippen LogP contribution in [0.25, 0.3) is 0 Å². The summed E-state index contributed by atoms with van der Waals surface area (Å²) in [7, 11) is -1.46. The van der Waals surface area contributed by atoms with Gasteiger partial charge in [-0.2, -0.15) is 4.31 Å². The molecule has 7 heteroatoms. The Labute approximate surface area is 134 Å². The third-order valence-corrected chi connectivity index (χ3v) is 5.76. The van der Waals surface area contributed by atoms with Gasteiger partial charge in [0.15, 0.2) is 0 Å². The van der Waals surface area contributed by atoms with Gasteiger partial charge in [0.05, 0.1) is 4.90 Å². The Morgan fingerprint density at radius 1 is 1.42 bits per heavy atom. The first-order valence-electron chi connectivity index (χ1n) is 5.97. The number of piperidine rings is 1. The molecule has 1 aliphatic rings. The zero-order valence-electron chi connectivity index (χ0n) is 10.7. The fourth-order valence-electron chi connectivity index (χ4n) is 2.17. The number of halogens is 2. The Morgan fingerprint density at radius 3 is 2.79 bits per heavy atom. The van der Waals surface area contributed by atoms with Crippen LogP contribution in [0.15, 0.2) is 29.2 Å². The quantitative estimate of drug-likeness (QED) is 0.768. The molecular weight excluding hydrogens is 399 g/mol. The first-order chi connectivity index (χ1) is 8.54. The predicted octanol–water partition coefficient (Wildman–Crippen LogP) is 2.09. The lowest BCUT2D eigenvalue weighted by Crippen LogP contribution is -2.46. The van der Waals surface area contributed by atoms with Crippen molar-refractivity contribution in [2.75, 3.05) is 20.1 Å². The average Bonchev–Trinajstić information content (AvgIpc) is 2.39. The lowest BCUT2D eigenvalue weighted by Gasteiger charge is -2.31. The van der Waals surface area contributed by atoms with Crippen molar-refractivity contribution in [3.8, 4) is 0 Å². The minimum atomic E-state index is -3.34. The van der Waals surface area contributed by atoms with E-state index in [4.69, 9.17) is 0 Å². The summed E-state index contributed by atoms with van der Waals surface area (Å²) in [4.78, 5) is 0.395. The molecule has 4 nitrogen and oxygen atoms in total. The fraction of sp³-hybridized carbons (Fsp3) is 0.500. The monoisotopic (exact) mass is 416 g/mol. The van der Waals surface area contributed by atoms with Crippen LogP contribution in [0.4, 0.5) is 0 Å². The van der Waals surface area contributed by atoms with Crippen molar-refractivity contribution in [1.29, 1.82) is 0 Å². The van der Waals surface area contributed by atoms with Gasteiger partial charge in [-0.3, -0.25) is 0 Å². The molecule has 0 spiro atoms. The number of sulfonamides is 1. The van der Waals surface area contributed by atoms with Gasteiger partial charge in [0, 0.05) is 22.7 Å². The van der Waals surface area contributed by atoms with Crippen LogP contribution >= 0.6 is 35.0 Å². The molecule has 0 aliphatic carbocycles. The van der Waals surface area contributed by atoms with Gasteiger partial charge in [0.2, 0.25) is 10.0 Å². The van der Waals surface area contributed by atoms with E-state index in [9.17, 15) is 8.42 Å². The van der Waals surface area contributed by atoms with E-state index in [0.29, 0.717) is 18.0 Å². The van der Waals surface area contributed by atoms with Crippen LogP contribution < -0.4 is 5.32 Å². The van der Waals surface area contributed by atoms with Gasteiger partial charge in [-0.15, -0.1) is 12.4 Å². The van der Waals surface area contributed by atoms with E-state index < -0.39 is 10.0 Å². The van der Waals surface area contributed by atoms with Crippen LogP contribution in [0.1, 0.15) is 12.8 Å². The summed E-state index contributed by atoms with van der Waals surface area (Å²) < 4.78 is 27.5. The molecule has 1 N–H and O–H groups in total. The summed E-state index contributed by atoms with van der Waals surface area (Å²) in [5.74, 6) is 0. The largest absolute Gasteiger partial charge is 0.316 e. The molecule has 0 aromatic heterocycles. The highest BCUT2D eigenvalue weighted by Gasteiger charge is 2.29. The molecule has 1 aromatic carbocycles. The van der Waals surface area contributed by atoms with E-state index in [2.05, 4.69) is 27.9 Å². The zero-order valence-corrected chi connectivity index (χ0v) is 14.5. The Balaban J connectivity index is 0.00000180. The molecule has 0 radical (unpaired) electrons. The van der Waals surface area contributed by atoms with Crippen molar-refractivity contribution in [1.82, 2.24) is 9.62 Å². The van der Waals surface area contributed by atoms with Crippen LogP contribution in [0.3, 0.4) is 0 Å². The smallest absolute Gasteiger partial charge is 0.243 e. The molecule has 19 heavy (non-hydrogen) atoms. The molecular formula is C12H18ClIN2O2S. The summed E-state index contributed by atoms with van der Waals surface area (Å²) in [6.07, 6.45) is 1.95. The van der Waals surface area contributed by atoms with Gasteiger partial charge in [-0.1, -0.05) is 6.07 Å². The third-order valence-electron chi connectivity index (χ3n) is 3.23. The topological polar surface area (TPSA) is 49.4 Å². The Morgan fingerprint density at radius 2 is 2.16 bits per heavy atom. The maximum Gasteiger partial charge on any atom is 0.243 e. The Bertz CT molecular complexity index is 524. The molecule has 1 atom stereocenters. The van der Waals surface area contributed by atoms with Gasteiger partial charge in [0.25, 0.3) is 0 Å². The van der Waals surface area contributed by atoms with Crippen molar-refractivity contribution in [3.63, 3.8) is 0 Å². The fourth-order valence-corrected chi connectivity index (χ4v) is 4.50. The SMILES string of the molecule is CNC1CCCN(S(=O)(=O)c2cccc(I)c2)C1.Cl. The highest BCUT2D eigenvalue weighted by Crippen LogP contribution is 2.21. The number of nitrogens with one attached hydrogen (secondary N) is 1. The molecule has 108 valence electrons. The van der Waals surface area contributed by atoms with E-state index >= 15 is 0 Å². The third kappa shape index (κ3) is 4.04. The summed E-state index contributed by atoms with van der Waals surface area (Å²) >= 11 is 2.13. The van der Waals surface area contributed by atoms with Crippen molar-refractivity contribution < 1.29 is 8.42 Å². The van der Waals surface area contributed by atoms with Crippen molar-refractivity contribution in [2.45, 2.75) is 23.8 Å². The van der Waals surface area contributed by atoms with Crippen LogP contribution in [-0.2, 0) is 10.0 Å². The first kappa shape index (κ1) is 17.2. The normalized spacial score (nSPS) is 20.8. The van der Waals surface area contributed by atoms with E-state index in [-0.39, 0.29) is 18.4 Å². The molecule has 1 fully saturated rings. The maximum atomic E-state index is 12.5. The number of rotatable bonds is 3. The van der Waals surface area contributed by atoms with E-state index in [1.165, 1.54) is 0 Å². The minimum absolute atomic E-state index is 0. The summed E-state index contributed by atoms with van der Waals surface area (Å²) in [5, 5.41) is 3.16. The van der Waals surface area contributed by atoms with E-state index in [0.717, 1.165) is 16.4 Å². The molecule has 1 saturated heterocycles. The minimum Gasteiger partial charge on any atom is -0.316 e. The van der Waals surface area contributed by atoms with Gasteiger partial charge in [0.1, 0.15) is 0 Å². The Hall–Kier alpha value is 0.110. The Kier molecular flexibility index (Phi) is 6.52. The lowest BCUT2D eigenvalue weighted by atomic mass is 10.1. The zero-order chi connectivity index (χ0) is 13.2. The van der Waals surface area contributed by atoms with Gasteiger partial charge < -0.3 is 5.32 Å². The van der Waals surface area contributed by atoms with Gasteiger partial charge in [-0.25, -0.2) is 8.42 Å². The van der Waals surface area contributed by atoms with Crippen LogP contribution in [0, 0.1) is 3.57 Å². The molecule has 0 saturated carbocycles. The second-order valence-electron chi connectivity index (χ2n) is 4.45. The molecule has 1 aromatic rings. The second-order valence-corrected chi connectivity index (χ2v) is 7.63. The molecule has 1 aliphatic heterocycles. The highest BCUT2D eigenvalue weighted by atomic mass is 127. The number of nitrogens with zero attached hydrogens (tertiary/aromatic N) is 1. The molecule has 1 heterocycles. The van der Waals surface area contributed by atoms with Gasteiger partial charge >= 0.3 is 0 Å². The van der Waals surface area contributed by atoms with E-state index in [1.807, 2.05) is 13.1 Å². The second kappa shape index (κ2) is 7.21. The van der Waals surface area contributed by atoms with Crippen molar-refractivity contribution >= 4 is 45.0 Å². The summed E-state index contributed by atoms with van der Waals surface area (Å²) in [6.45, 7) is 1.18. The standard InChI is InChI=1S/C12H17IN2O2S.ClH/c1-14-11-5-3-7-15(9-11)18(16,17)12-6-2-4-10(13)8-12;/h2,4,6,8,11,14H,3,5,7,9H2,1H3;1H. The number of likely N-dealkylation sites (N-methyl/N-ethyl adjacent to an activating group) is 1. The van der Waals surface area contributed by atoms with Crippen LogP contribution in [-0.4, -0.2) is 38.9 Å². The van der Waals surface area contributed by atoms with Crippen molar-refractivity contribution in [2.24, 2.45) is 0 Å². The summed E-state index contributed by atoms with van der Waals surface area (Å²) in [5.41, 5.74) is 0. The molecule has 0 bridgehead atoms. The maximum absolute atomic E-state index is 12.5. The number of benzene rings is 1. The van der Waals surface area contributed by atoms with Crippen LogP contribution in [0.2, 0.25) is 0 Å². The van der Waals surface area contributed by atoms with Gasteiger partial charge in [-0.05, 0) is 60.7 Å². The number of hydrogen-bond donors (Lipinski definition) is 1. The molecule has 0 amide bonds. The van der Waals surface area contributed by atoms with E-state index in [1.54, 1.807) is 22.5 Å².